The van der Waals surface area contributed by atoms with Gasteiger partial charge in [-0.2, -0.15) is 0 Å². The highest BCUT2D eigenvalue weighted by atomic mass is 16.4. The molecule has 0 aromatic rings. The van der Waals surface area contributed by atoms with Crippen LogP contribution in [0.4, 0.5) is 4.79 Å². The first-order valence-corrected chi connectivity index (χ1v) is 4.95. The summed E-state index contributed by atoms with van der Waals surface area (Å²) in [6, 6.07) is 0. The van der Waals surface area contributed by atoms with E-state index in [9.17, 15) is 9.59 Å². The SMILES string of the molecule is CC/C=C\CCN(CC(=O)NC)C(=O)O. The zero-order valence-electron chi connectivity index (χ0n) is 9.19. The van der Waals surface area contributed by atoms with Gasteiger partial charge in [0.2, 0.25) is 5.91 Å². The Hall–Kier alpha value is -1.52. The molecule has 0 aliphatic carbocycles. The van der Waals surface area contributed by atoms with Gasteiger partial charge in [-0.3, -0.25) is 9.69 Å². The van der Waals surface area contributed by atoms with Crippen molar-refractivity contribution in [3.63, 3.8) is 0 Å². The van der Waals surface area contributed by atoms with Crippen LogP contribution in [0.5, 0.6) is 0 Å². The van der Waals surface area contributed by atoms with Crippen LogP contribution in [0, 0.1) is 0 Å². The Kier molecular flexibility index (Phi) is 7.05. The molecule has 0 aliphatic rings. The summed E-state index contributed by atoms with van der Waals surface area (Å²) < 4.78 is 0. The highest BCUT2D eigenvalue weighted by Crippen LogP contribution is 1.94. The Morgan fingerprint density at radius 3 is 2.53 bits per heavy atom. The Bertz CT molecular complexity index is 239. The van der Waals surface area contributed by atoms with Crippen molar-refractivity contribution in [3.05, 3.63) is 12.2 Å². The van der Waals surface area contributed by atoms with Crippen molar-refractivity contribution in [3.8, 4) is 0 Å². The molecular weight excluding hydrogens is 196 g/mol. The topological polar surface area (TPSA) is 69.6 Å². The minimum absolute atomic E-state index is 0.105. The summed E-state index contributed by atoms with van der Waals surface area (Å²) in [5.74, 6) is -0.295. The number of hydrogen-bond donors (Lipinski definition) is 2. The molecule has 0 aromatic carbocycles. The lowest BCUT2D eigenvalue weighted by Gasteiger charge is -2.16. The van der Waals surface area contributed by atoms with E-state index in [4.69, 9.17) is 5.11 Å². The lowest BCUT2D eigenvalue weighted by Crippen LogP contribution is -2.39. The molecule has 0 rings (SSSR count). The average molecular weight is 214 g/mol. The second-order valence-electron chi connectivity index (χ2n) is 3.05. The highest BCUT2D eigenvalue weighted by molar-refractivity contribution is 5.81. The van der Waals surface area contributed by atoms with Crippen LogP contribution in [0.3, 0.4) is 0 Å². The summed E-state index contributed by atoms with van der Waals surface area (Å²) in [5, 5.41) is 11.2. The predicted molar refractivity (Wildman–Crippen MR) is 57.7 cm³/mol. The number of nitrogens with one attached hydrogen (secondary N) is 1. The van der Waals surface area contributed by atoms with E-state index in [2.05, 4.69) is 5.32 Å². The first kappa shape index (κ1) is 13.5. The van der Waals surface area contributed by atoms with Crippen molar-refractivity contribution in [2.24, 2.45) is 0 Å². The molecule has 2 amide bonds. The van der Waals surface area contributed by atoms with Gasteiger partial charge in [0.1, 0.15) is 6.54 Å². The Morgan fingerprint density at radius 1 is 1.40 bits per heavy atom. The molecule has 0 heterocycles. The Morgan fingerprint density at radius 2 is 2.07 bits per heavy atom. The van der Waals surface area contributed by atoms with Gasteiger partial charge in [-0.15, -0.1) is 0 Å². The minimum atomic E-state index is -1.07. The molecule has 0 unspecified atom stereocenters. The summed E-state index contributed by atoms with van der Waals surface area (Å²) in [7, 11) is 1.49. The number of amides is 2. The Balaban J connectivity index is 3.99. The fourth-order valence-electron chi connectivity index (χ4n) is 1.01. The maximum atomic E-state index is 11.0. The average Bonchev–Trinajstić information content (AvgIpc) is 2.21. The molecule has 0 atom stereocenters. The van der Waals surface area contributed by atoms with E-state index in [1.807, 2.05) is 19.1 Å². The molecule has 0 aromatic heterocycles. The molecule has 5 heteroatoms. The molecule has 86 valence electrons. The van der Waals surface area contributed by atoms with Gasteiger partial charge in [0.05, 0.1) is 0 Å². The standard InChI is InChI=1S/C10H18N2O3/c1-3-4-5-6-7-12(10(14)15)8-9(13)11-2/h4-5H,3,6-8H2,1-2H3,(H,11,13)(H,14,15)/b5-4-. The molecule has 0 radical (unpaired) electrons. The van der Waals surface area contributed by atoms with Gasteiger partial charge < -0.3 is 10.4 Å². The van der Waals surface area contributed by atoms with Gasteiger partial charge in [0.25, 0.3) is 0 Å². The molecule has 15 heavy (non-hydrogen) atoms. The molecule has 0 bridgehead atoms. The highest BCUT2D eigenvalue weighted by Gasteiger charge is 2.13. The molecule has 2 N–H and O–H groups in total. The maximum absolute atomic E-state index is 11.0. The van der Waals surface area contributed by atoms with Gasteiger partial charge in [-0.05, 0) is 12.8 Å². The lowest BCUT2D eigenvalue weighted by molar-refractivity contribution is -0.121. The molecule has 0 saturated heterocycles. The zero-order valence-corrected chi connectivity index (χ0v) is 9.19. The smallest absolute Gasteiger partial charge is 0.407 e. The quantitative estimate of drug-likeness (QED) is 0.650. The number of allylic oxidation sites excluding steroid dienone is 1. The van der Waals surface area contributed by atoms with Crippen LogP contribution < -0.4 is 5.32 Å². The van der Waals surface area contributed by atoms with Crippen molar-refractivity contribution in [2.45, 2.75) is 19.8 Å². The number of carboxylic acid groups (broad SMARTS) is 1. The van der Waals surface area contributed by atoms with Gasteiger partial charge in [0.15, 0.2) is 0 Å². The summed E-state index contributed by atoms with van der Waals surface area (Å²) in [6.07, 6.45) is 4.39. The second kappa shape index (κ2) is 7.84. The van der Waals surface area contributed by atoms with Crippen LogP contribution in [0.2, 0.25) is 0 Å². The lowest BCUT2D eigenvalue weighted by atomic mass is 10.3. The van der Waals surface area contributed by atoms with Gasteiger partial charge in [-0.25, -0.2) is 4.79 Å². The summed E-state index contributed by atoms with van der Waals surface area (Å²) >= 11 is 0. The number of nitrogens with zero attached hydrogens (tertiary/aromatic N) is 1. The fourth-order valence-corrected chi connectivity index (χ4v) is 1.01. The molecule has 0 fully saturated rings. The number of rotatable bonds is 6. The summed E-state index contributed by atoms with van der Waals surface area (Å²) in [4.78, 5) is 22.8. The summed E-state index contributed by atoms with van der Waals surface area (Å²) in [6.45, 7) is 2.25. The second-order valence-corrected chi connectivity index (χ2v) is 3.05. The predicted octanol–water partition coefficient (Wildman–Crippen LogP) is 1.07. The molecular formula is C10H18N2O3. The largest absolute Gasteiger partial charge is 0.465 e. The van der Waals surface area contributed by atoms with Crippen LogP contribution >= 0.6 is 0 Å². The fraction of sp³-hybridized carbons (Fsp3) is 0.600. The number of hydrogen-bond acceptors (Lipinski definition) is 2. The van der Waals surface area contributed by atoms with Crippen molar-refractivity contribution < 1.29 is 14.7 Å². The number of carbonyl (C=O) groups is 2. The minimum Gasteiger partial charge on any atom is -0.465 e. The first-order chi connectivity index (χ1) is 7.11. The van der Waals surface area contributed by atoms with Crippen LogP contribution in [-0.2, 0) is 4.79 Å². The zero-order chi connectivity index (χ0) is 11.7. The van der Waals surface area contributed by atoms with E-state index in [0.29, 0.717) is 13.0 Å². The van der Waals surface area contributed by atoms with Crippen molar-refractivity contribution in [1.29, 1.82) is 0 Å². The summed E-state index contributed by atoms with van der Waals surface area (Å²) in [5.41, 5.74) is 0. The normalized spacial score (nSPS) is 10.3. The van der Waals surface area contributed by atoms with Crippen molar-refractivity contribution >= 4 is 12.0 Å². The van der Waals surface area contributed by atoms with Crippen molar-refractivity contribution in [2.75, 3.05) is 20.1 Å². The van der Waals surface area contributed by atoms with E-state index in [-0.39, 0.29) is 12.5 Å². The molecule has 0 saturated carbocycles. The third-order valence-corrected chi connectivity index (χ3v) is 1.85. The van der Waals surface area contributed by atoms with E-state index in [1.54, 1.807) is 0 Å². The monoisotopic (exact) mass is 214 g/mol. The van der Waals surface area contributed by atoms with Crippen LogP contribution in [0.15, 0.2) is 12.2 Å². The van der Waals surface area contributed by atoms with E-state index in [1.165, 1.54) is 7.05 Å². The number of carbonyl (C=O) groups excluding carboxylic acids is 1. The third kappa shape index (κ3) is 6.54. The van der Waals surface area contributed by atoms with E-state index in [0.717, 1.165) is 11.3 Å². The van der Waals surface area contributed by atoms with E-state index < -0.39 is 6.09 Å². The van der Waals surface area contributed by atoms with E-state index >= 15 is 0 Å². The van der Waals surface area contributed by atoms with Crippen LogP contribution in [-0.4, -0.2) is 42.1 Å². The number of likely N-dealkylation sites (N-methyl/N-ethyl adjacent to an activating group) is 1. The van der Waals surface area contributed by atoms with Crippen LogP contribution in [0.25, 0.3) is 0 Å². The van der Waals surface area contributed by atoms with Gasteiger partial charge in [0, 0.05) is 13.6 Å². The Labute approximate surface area is 89.8 Å². The molecule has 5 nitrogen and oxygen atoms in total. The first-order valence-electron chi connectivity index (χ1n) is 4.95. The maximum Gasteiger partial charge on any atom is 0.407 e. The van der Waals surface area contributed by atoms with Crippen molar-refractivity contribution in [1.82, 2.24) is 10.2 Å². The third-order valence-electron chi connectivity index (χ3n) is 1.85. The van der Waals surface area contributed by atoms with Gasteiger partial charge in [-0.1, -0.05) is 19.1 Å². The molecule has 0 aliphatic heterocycles. The molecule has 0 spiro atoms. The van der Waals surface area contributed by atoms with Crippen LogP contribution in [0.1, 0.15) is 19.8 Å². The van der Waals surface area contributed by atoms with Gasteiger partial charge >= 0.3 is 6.09 Å².